The summed E-state index contributed by atoms with van der Waals surface area (Å²) in [5, 5.41) is 6.98. The summed E-state index contributed by atoms with van der Waals surface area (Å²) in [4.78, 5) is 15.8. The van der Waals surface area contributed by atoms with Gasteiger partial charge < -0.3 is 0 Å². The number of aromatic nitrogens is 3. The summed E-state index contributed by atoms with van der Waals surface area (Å²) in [6.45, 7) is 2.06. The van der Waals surface area contributed by atoms with Gasteiger partial charge in [0, 0.05) is 15.8 Å². The first-order chi connectivity index (χ1) is 13.7. The number of halogens is 1. The standard InChI is InChI=1S/C21H18ClN5S/c1-12-6-7-16-13(8-12)9-14(19(22)26-16)10-25-27-20-18-15-4-2-3-5-17(15)28-21(18)24-11-23-20/h6-11H,2-5H2,1H3,(H,23,24,27). The number of hydrogen-bond donors (Lipinski definition) is 1. The van der Waals surface area contributed by atoms with Gasteiger partial charge in [-0.05, 0) is 56.4 Å². The fourth-order valence-corrected chi connectivity index (χ4v) is 5.14. The van der Waals surface area contributed by atoms with E-state index in [0.717, 1.165) is 45.3 Å². The Bertz CT molecular complexity index is 1230. The van der Waals surface area contributed by atoms with Crippen molar-refractivity contribution in [2.75, 3.05) is 5.43 Å². The molecule has 0 saturated heterocycles. The summed E-state index contributed by atoms with van der Waals surface area (Å²) in [7, 11) is 0. The second-order valence-electron chi connectivity index (χ2n) is 7.05. The van der Waals surface area contributed by atoms with Crippen LogP contribution in [0.4, 0.5) is 5.82 Å². The number of nitrogens with zero attached hydrogens (tertiary/aromatic N) is 4. The maximum atomic E-state index is 6.34. The third-order valence-electron chi connectivity index (χ3n) is 5.08. The lowest BCUT2D eigenvalue weighted by atomic mass is 9.97. The second kappa shape index (κ2) is 7.11. The van der Waals surface area contributed by atoms with E-state index in [9.17, 15) is 0 Å². The van der Waals surface area contributed by atoms with Crippen molar-refractivity contribution in [1.82, 2.24) is 15.0 Å². The molecule has 7 heteroatoms. The second-order valence-corrected chi connectivity index (χ2v) is 8.49. The van der Waals surface area contributed by atoms with E-state index in [1.54, 1.807) is 23.9 Å². The quantitative estimate of drug-likeness (QED) is 0.275. The fraction of sp³-hybridized carbons (Fsp3) is 0.238. The van der Waals surface area contributed by atoms with Crippen molar-refractivity contribution in [2.45, 2.75) is 32.6 Å². The third kappa shape index (κ3) is 3.12. The molecule has 4 aromatic rings. The number of thiophene rings is 1. The van der Waals surface area contributed by atoms with Crippen molar-refractivity contribution in [3.63, 3.8) is 0 Å². The molecule has 0 amide bonds. The van der Waals surface area contributed by atoms with Crippen LogP contribution in [0.25, 0.3) is 21.1 Å². The topological polar surface area (TPSA) is 63.1 Å². The molecule has 3 aromatic heterocycles. The van der Waals surface area contributed by atoms with E-state index in [2.05, 4.69) is 38.5 Å². The van der Waals surface area contributed by atoms with Gasteiger partial charge in [0.1, 0.15) is 16.3 Å². The first-order valence-electron chi connectivity index (χ1n) is 9.30. The molecule has 5 nitrogen and oxygen atoms in total. The minimum Gasteiger partial charge on any atom is -0.261 e. The highest BCUT2D eigenvalue weighted by Crippen LogP contribution is 2.38. The van der Waals surface area contributed by atoms with Crippen LogP contribution in [0.3, 0.4) is 0 Å². The number of hydrogen-bond acceptors (Lipinski definition) is 6. The predicted molar refractivity (Wildman–Crippen MR) is 117 cm³/mol. The number of nitrogens with one attached hydrogen (secondary N) is 1. The minimum atomic E-state index is 0.433. The summed E-state index contributed by atoms with van der Waals surface area (Å²) in [6, 6.07) is 8.11. The molecule has 0 saturated carbocycles. The molecule has 0 fully saturated rings. The van der Waals surface area contributed by atoms with Gasteiger partial charge in [0.25, 0.3) is 0 Å². The Labute approximate surface area is 171 Å². The highest BCUT2D eigenvalue weighted by Gasteiger charge is 2.19. The van der Waals surface area contributed by atoms with Crippen molar-refractivity contribution in [1.29, 1.82) is 0 Å². The first kappa shape index (κ1) is 17.5. The SMILES string of the molecule is Cc1ccc2nc(Cl)c(C=NNc3ncnc4sc5c(c34)CCCC5)cc2c1. The Kier molecular flexibility index (Phi) is 4.45. The molecule has 0 bridgehead atoms. The van der Waals surface area contributed by atoms with Gasteiger partial charge in [-0.25, -0.2) is 15.0 Å². The maximum Gasteiger partial charge on any atom is 0.158 e. The molecule has 0 aliphatic heterocycles. The smallest absolute Gasteiger partial charge is 0.158 e. The molecule has 5 rings (SSSR count). The number of rotatable bonds is 3. The zero-order valence-electron chi connectivity index (χ0n) is 15.4. The lowest BCUT2D eigenvalue weighted by molar-refractivity contribution is 0.700. The van der Waals surface area contributed by atoms with Gasteiger partial charge in [0.15, 0.2) is 5.82 Å². The van der Waals surface area contributed by atoms with E-state index in [1.165, 1.54) is 28.8 Å². The number of fused-ring (bicyclic) bond motifs is 4. The van der Waals surface area contributed by atoms with Crippen molar-refractivity contribution in [3.8, 4) is 0 Å². The highest BCUT2D eigenvalue weighted by atomic mass is 35.5. The average molecular weight is 408 g/mol. The number of hydrazone groups is 1. The van der Waals surface area contributed by atoms with E-state index in [0.29, 0.717) is 5.15 Å². The van der Waals surface area contributed by atoms with Crippen LogP contribution in [-0.4, -0.2) is 21.2 Å². The number of aryl methyl sites for hydroxylation is 3. The lowest BCUT2D eigenvalue weighted by Crippen LogP contribution is -2.01. The number of benzene rings is 1. The number of pyridine rings is 1. The van der Waals surface area contributed by atoms with E-state index in [4.69, 9.17) is 11.6 Å². The predicted octanol–water partition coefficient (Wildman–Crippen LogP) is 5.53. The van der Waals surface area contributed by atoms with Gasteiger partial charge >= 0.3 is 0 Å². The monoisotopic (exact) mass is 407 g/mol. The third-order valence-corrected chi connectivity index (χ3v) is 6.58. The largest absolute Gasteiger partial charge is 0.261 e. The maximum absolute atomic E-state index is 6.34. The van der Waals surface area contributed by atoms with Crippen LogP contribution < -0.4 is 5.43 Å². The van der Waals surface area contributed by atoms with Crippen LogP contribution in [0, 0.1) is 6.92 Å². The summed E-state index contributed by atoms with van der Waals surface area (Å²) in [6.07, 6.45) is 7.98. The van der Waals surface area contributed by atoms with Gasteiger partial charge in [0.05, 0.1) is 17.1 Å². The summed E-state index contributed by atoms with van der Waals surface area (Å²) in [5.41, 5.74) is 7.31. The molecule has 140 valence electrons. The fourth-order valence-electron chi connectivity index (χ4n) is 3.72. The van der Waals surface area contributed by atoms with E-state index < -0.39 is 0 Å². The Morgan fingerprint density at radius 1 is 1.18 bits per heavy atom. The van der Waals surface area contributed by atoms with E-state index in [1.807, 2.05) is 18.2 Å². The van der Waals surface area contributed by atoms with Crippen molar-refractivity contribution in [2.24, 2.45) is 5.10 Å². The first-order valence-corrected chi connectivity index (χ1v) is 10.5. The Morgan fingerprint density at radius 2 is 2.07 bits per heavy atom. The van der Waals surface area contributed by atoms with E-state index in [-0.39, 0.29) is 0 Å². The average Bonchev–Trinajstić information content (AvgIpc) is 3.08. The molecular weight excluding hydrogens is 390 g/mol. The molecule has 1 aliphatic carbocycles. The van der Waals surface area contributed by atoms with Gasteiger partial charge in [-0.1, -0.05) is 23.2 Å². The molecule has 1 aliphatic rings. The van der Waals surface area contributed by atoms with Crippen LogP contribution in [0.5, 0.6) is 0 Å². The molecular formula is C21H18ClN5S. The normalized spacial score (nSPS) is 14.1. The van der Waals surface area contributed by atoms with Crippen LogP contribution in [0.15, 0.2) is 35.7 Å². The minimum absolute atomic E-state index is 0.433. The van der Waals surface area contributed by atoms with Crippen molar-refractivity contribution >= 4 is 56.1 Å². The van der Waals surface area contributed by atoms with Crippen LogP contribution in [0.2, 0.25) is 5.15 Å². The zero-order valence-corrected chi connectivity index (χ0v) is 16.9. The van der Waals surface area contributed by atoms with Gasteiger partial charge in [-0.2, -0.15) is 5.10 Å². The lowest BCUT2D eigenvalue weighted by Gasteiger charge is -2.11. The van der Waals surface area contributed by atoms with E-state index >= 15 is 0 Å². The highest BCUT2D eigenvalue weighted by molar-refractivity contribution is 7.19. The van der Waals surface area contributed by atoms with Crippen LogP contribution in [0.1, 0.15) is 34.4 Å². The summed E-state index contributed by atoms with van der Waals surface area (Å²) < 4.78 is 0. The summed E-state index contributed by atoms with van der Waals surface area (Å²) in [5.74, 6) is 0.751. The van der Waals surface area contributed by atoms with Gasteiger partial charge in [-0.3, -0.25) is 5.43 Å². The Hall–Kier alpha value is -2.57. The van der Waals surface area contributed by atoms with Crippen LogP contribution >= 0.6 is 22.9 Å². The molecule has 1 aromatic carbocycles. The zero-order chi connectivity index (χ0) is 19.1. The van der Waals surface area contributed by atoms with Crippen molar-refractivity contribution in [3.05, 3.63) is 57.3 Å². The molecule has 3 heterocycles. The molecule has 28 heavy (non-hydrogen) atoms. The molecule has 0 unspecified atom stereocenters. The van der Waals surface area contributed by atoms with Crippen LogP contribution in [-0.2, 0) is 12.8 Å². The van der Waals surface area contributed by atoms with Gasteiger partial charge in [-0.15, -0.1) is 11.3 Å². The molecule has 0 radical (unpaired) electrons. The number of anilines is 1. The Morgan fingerprint density at radius 3 is 3.00 bits per heavy atom. The van der Waals surface area contributed by atoms with Crippen molar-refractivity contribution < 1.29 is 0 Å². The summed E-state index contributed by atoms with van der Waals surface area (Å²) >= 11 is 8.12. The molecule has 0 spiro atoms. The molecule has 0 atom stereocenters. The van der Waals surface area contributed by atoms with Gasteiger partial charge in [0.2, 0.25) is 0 Å². The molecule has 1 N–H and O–H groups in total. The Balaban J connectivity index is 1.48.